The van der Waals surface area contributed by atoms with Gasteiger partial charge in [0.2, 0.25) is 5.75 Å². The third-order valence-electron chi connectivity index (χ3n) is 3.08. The van der Waals surface area contributed by atoms with Gasteiger partial charge >= 0.3 is 6.09 Å². The van der Waals surface area contributed by atoms with Crippen LogP contribution in [0.15, 0.2) is 12.1 Å². The molecule has 0 radical (unpaired) electrons. The van der Waals surface area contributed by atoms with Crippen LogP contribution in [0.5, 0.6) is 17.2 Å². The molecule has 0 aliphatic heterocycles. The molecule has 0 bridgehead atoms. The van der Waals surface area contributed by atoms with E-state index < -0.39 is 11.4 Å². The van der Waals surface area contributed by atoms with Gasteiger partial charge in [0.05, 0.1) is 0 Å². The van der Waals surface area contributed by atoms with E-state index in [9.17, 15) is 20.1 Å². The number of amides is 1. The molecule has 0 aliphatic carbocycles. The van der Waals surface area contributed by atoms with Crippen molar-refractivity contribution >= 4 is 6.09 Å². The Hall–Kier alpha value is -2.15. The summed E-state index contributed by atoms with van der Waals surface area (Å²) < 4.78 is 5.25. The van der Waals surface area contributed by atoms with Gasteiger partial charge in [-0.3, -0.25) is 0 Å². The van der Waals surface area contributed by atoms with Crippen molar-refractivity contribution in [1.82, 2.24) is 10.2 Å². The van der Waals surface area contributed by atoms with Gasteiger partial charge in [-0.25, -0.2) is 4.79 Å². The molecule has 0 saturated carbocycles. The molecule has 0 aromatic heterocycles. The third-order valence-corrected chi connectivity index (χ3v) is 3.08. The molecule has 130 valence electrons. The summed E-state index contributed by atoms with van der Waals surface area (Å²) in [4.78, 5) is 13.3. The summed E-state index contributed by atoms with van der Waals surface area (Å²) in [5, 5.41) is 31.5. The molecule has 7 heteroatoms. The van der Waals surface area contributed by atoms with Crippen molar-refractivity contribution in [3.05, 3.63) is 17.7 Å². The third kappa shape index (κ3) is 6.23. The number of ether oxygens (including phenoxy) is 1. The molecule has 7 nitrogen and oxygen atoms in total. The van der Waals surface area contributed by atoms with Crippen LogP contribution in [0, 0.1) is 0 Å². The van der Waals surface area contributed by atoms with Gasteiger partial charge in [0.15, 0.2) is 11.5 Å². The Labute approximate surface area is 136 Å². The van der Waals surface area contributed by atoms with Crippen LogP contribution < -0.4 is 5.32 Å². The zero-order valence-corrected chi connectivity index (χ0v) is 14.1. The highest BCUT2D eigenvalue weighted by molar-refractivity contribution is 5.67. The molecule has 0 unspecified atom stereocenters. The summed E-state index contributed by atoms with van der Waals surface area (Å²) in [6, 6.07) is 2.85. The quantitative estimate of drug-likeness (QED) is 0.472. The number of phenols is 3. The van der Waals surface area contributed by atoms with E-state index in [0.717, 1.165) is 0 Å². The number of aromatic hydroxyl groups is 3. The molecule has 1 aromatic carbocycles. The van der Waals surface area contributed by atoms with Crippen LogP contribution in [0.2, 0.25) is 0 Å². The molecule has 0 fully saturated rings. The van der Waals surface area contributed by atoms with E-state index in [0.29, 0.717) is 31.6 Å². The smallest absolute Gasteiger partial charge is 0.410 e. The second kappa shape index (κ2) is 7.92. The summed E-state index contributed by atoms with van der Waals surface area (Å²) in [7, 11) is 1.68. The topological polar surface area (TPSA) is 102 Å². The van der Waals surface area contributed by atoms with Crippen molar-refractivity contribution in [2.75, 3.05) is 20.1 Å². The number of phenolic OH excluding ortho intramolecular Hbond substituents is 3. The Morgan fingerprint density at radius 3 is 2.48 bits per heavy atom. The van der Waals surface area contributed by atoms with E-state index in [2.05, 4.69) is 5.32 Å². The van der Waals surface area contributed by atoms with Gasteiger partial charge in [0.1, 0.15) is 5.60 Å². The van der Waals surface area contributed by atoms with Gasteiger partial charge in [-0.2, -0.15) is 0 Å². The van der Waals surface area contributed by atoms with Crippen LogP contribution in [-0.4, -0.2) is 52.1 Å². The molecule has 1 rings (SSSR count). The largest absolute Gasteiger partial charge is 0.504 e. The molecule has 0 spiro atoms. The van der Waals surface area contributed by atoms with Crippen molar-refractivity contribution in [3.8, 4) is 17.2 Å². The highest BCUT2D eigenvalue weighted by Crippen LogP contribution is 2.36. The molecular weight excluding hydrogens is 300 g/mol. The zero-order chi connectivity index (χ0) is 17.6. The van der Waals surface area contributed by atoms with Gasteiger partial charge < -0.3 is 30.3 Å². The fourth-order valence-corrected chi connectivity index (χ4v) is 1.85. The average Bonchev–Trinajstić information content (AvgIpc) is 2.44. The number of hydrogen-bond acceptors (Lipinski definition) is 6. The van der Waals surface area contributed by atoms with Crippen molar-refractivity contribution in [3.63, 3.8) is 0 Å². The molecule has 4 N–H and O–H groups in total. The Morgan fingerprint density at radius 1 is 1.22 bits per heavy atom. The fourth-order valence-electron chi connectivity index (χ4n) is 1.85. The Kier molecular flexibility index (Phi) is 6.50. The van der Waals surface area contributed by atoms with Gasteiger partial charge in [-0.15, -0.1) is 0 Å². The molecular formula is C16H26N2O5. The first-order valence-electron chi connectivity index (χ1n) is 7.49. The second-order valence-electron chi connectivity index (χ2n) is 6.37. The number of nitrogens with zero attached hydrogens (tertiary/aromatic N) is 1. The molecule has 23 heavy (non-hydrogen) atoms. The first-order valence-corrected chi connectivity index (χ1v) is 7.49. The number of nitrogens with one attached hydrogen (secondary N) is 1. The zero-order valence-electron chi connectivity index (χ0n) is 14.1. The minimum absolute atomic E-state index is 0.330. The summed E-state index contributed by atoms with van der Waals surface area (Å²) >= 11 is 0. The summed E-state index contributed by atoms with van der Waals surface area (Å²) in [6.07, 6.45) is 0.346. The lowest BCUT2D eigenvalue weighted by Gasteiger charge is -2.24. The predicted molar refractivity (Wildman–Crippen MR) is 86.6 cm³/mol. The van der Waals surface area contributed by atoms with Gasteiger partial charge in [-0.05, 0) is 39.8 Å². The van der Waals surface area contributed by atoms with Crippen LogP contribution in [0.3, 0.4) is 0 Å². The fraction of sp³-hybridized carbons (Fsp3) is 0.562. The highest BCUT2D eigenvalue weighted by atomic mass is 16.6. The van der Waals surface area contributed by atoms with Crippen LogP contribution >= 0.6 is 0 Å². The Balaban J connectivity index is 2.31. The summed E-state index contributed by atoms with van der Waals surface area (Å²) in [5.41, 5.74) is -0.0251. The van der Waals surface area contributed by atoms with Crippen LogP contribution in [0.4, 0.5) is 4.79 Å². The van der Waals surface area contributed by atoms with Crippen molar-refractivity contribution in [2.24, 2.45) is 0 Å². The van der Waals surface area contributed by atoms with Crippen LogP contribution in [0.25, 0.3) is 0 Å². The molecule has 0 aliphatic rings. The lowest BCUT2D eigenvalue weighted by atomic mass is 10.1. The van der Waals surface area contributed by atoms with E-state index in [1.807, 2.05) is 20.8 Å². The average molecular weight is 326 g/mol. The number of benzene rings is 1. The first-order chi connectivity index (χ1) is 10.6. The predicted octanol–water partition coefficient (Wildman–Crippen LogP) is 2.15. The standard InChI is InChI=1S/C16H26N2O5/c1-16(2,3)23-15(22)18(4)9-5-8-17-10-11-6-7-12(19)14(21)13(11)20/h6-7,17,19-21H,5,8-10H2,1-4H3. The Morgan fingerprint density at radius 2 is 1.87 bits per heavy atom. The summed E-state index contributed by atoms with van der Waals surface area (Å²) in [6.45, 7) is 6.96. The molecule has 0 heterocycles. The lowest BCUT2D eigenvalue weighted by molar-refractivity contribution is 0.0297. The number of hydrogen-bond donors (Lipinski definition) is 4. The number of carbonyl (C=O) groups is 1. The van der Waals surface area contributed by atoms with E-state index in [4.69, 9.17) is 4.74 Å². The molecule has 1 amide bonds. The lowest BCUT2D eigenvalue weighted by Crippen LogP contribution is -2.35. The van der Waals surface area contributed by atoms with E-state index >= 15 is 0 Å². The van der Waals surface area contributed by atoms with Crippen LogP contribution in [-0.2, 0) is 11.3 Å². The van der Waals surface area contributed by atoms with E-state index in [-0.39, 0.29) is 17.6 Å². The van der Waals surface area contributed by atoms with Crippen LogP contribution in [0.1, 0.15) is 32.8 Å². The van der Waals surface area contributed by atoms with E-state index in [1.54, 1.807) is 7.05 Å². The molecule has 0 saturated heterocycles. The number of rotatable bonds is 6. The second-order valence-corrected chi connectivity index (χ2v) is 6.37. The van der Waals surface area contributed by atoms with Crippen molar-refractivity contribution in [2.45, 2.75) is 39.3 Å². The first kappa shape index (κ1) is 18.9. The van der Waals surface area contributed by atoms with E-state index in [1.165, 1.54) is 17.0 Å². The normalized spacial score (nSPS) is 11.3. The monoisotopic (exact) mass is 326 g/mol. The maximum atomic E-state index is 11.8. The minimum Gasteiger partial charge on any atom is -0.504 e. The number of carbonyl (C=O) groups excluding carboxylic acids is 1. The minimum atomic E-state index is -0.519. The van der Waals surface area contributed by atoms with Gasteiger partial charge in [0.25, 0.3) is 0 Å². The van der Waals surface area contributed by atoms with Gasteiger partial charge in [-0.1, -0.05) is 6.07 Å². The SMILES string of the molecule is CN(CCCNCc1ccc(O)c(O)c1O)C(=O)OC(C)(C)C. The molecule has 0 atom stereocenters. The maximum absolute atomic E-state index is 11.8. The maximum Gasteiger partial charge on any atom is 0.410 e. The van der Waals surface area contributed by atoms with Gasteiger partial charge in [0, 0.05) is 25.7 Å². The van der Waals surface area contributed by atoms with Crippen molar-refractivity contribution in [1.29, 1.82) is 0 Å². The van der Waals surface area contributed by atoms with Crippen molar-refractivity contribution < 1.29 is 24.9 Å². The summed E-state index contributed by atoms with van der Waals surface area (Å²) in [5.74, 6) is -1.21. The molecule has 1 aromatic rings. The highest BCUT2D eigenvalue weighted by Gasteiger charge is 2.19. The Bertz CT molecular complexity index is 540.